The van der Waals surface area contributed by atoms with Crippen molar-refractivity contribution in [1.29, 1.82) is 0 Å². The Morgan fingerprint density at radius 1 is 1.45 bits per heavy atom. The van der Waals surface area contributed by atoms with Gasteiger partial charge in [-0.25, -0.2) is 0 Å². The van der Waals surface area contributed by atoms with Crippen LogP contribution >= 0.6 is 0 Å². The summed E-state index contributed by atoms with van der Waals surface area (Å²) in [7, 11) is 4.11. The molecule has 0 bridgehead atoms. The summed E-state index contributed by atoms with van der Waals surface area (Å²) in [4.78, 5) is 16.8. The Kier molecular flexibility index (Phi) is 4.94. The third-order valence-electron chi connectivity index (χ3n) is 4.28. The zero-order chi connectivity index (χ0) is 14.7. The Balaban J connectivity index is 1.98. The molecule has 1 aliphatic heterocycles. The van der Waals surface area contributed by atoms with Crippen molar-refractivity contribution in [2.75, 3.05) is 33.7 Å². The lowest BCUT2D eigenvalue weighted by molar-refractivity contribution is -0.125. The summed E-state index contributed by atoms with van der Waals surface area (Å²) < 4.78 is 1.96. The lowest BCUT2D eigenvalue weighted by atomic mass is 10.0. The molecule has 1 fully saturated rings. The van der Waals surface area contributed by atoms with E-state index in [1.54, 1.807) is 0 Å². The summed E-state index contributed by atoms with van der Waals surface area (Å²) in [6.45, 7) is 7.09. The Hall–Kier alpha value is -1.20. The highest BCUT2D eigenvalue weighted by molar-refractivity contribution is 5.86. The van der Waals surface area contributed by atoms with Crippen molar-refractivity contribution in [2.24, 2.45) is 0 Å². The van der Waals surface area contributed by atoms with E-state index in [2.05, 4.69) is 35.8 Å². The van der Waals surface area contributed by atoms with E-state index in [1.165, 1.54) is 0 Å². The second-order valence-electron chi connectivity index (χ2n) is 5.95. The molecule has 2 unspecified atom stereocenters. The van der Waals surface area contributed by atoms with Crippen LogP contribution in [-0.2, 0) is 11.2 Å². The van der Waals surface area contributed by atoms with Crippen molar-refractivity contribution in [2.45, 2.75) is 38.8 Å². The molecule has 1 saturated heterocycles. The number of carbonyl (C=O) groups excluding carboxylic acids is 1. The average molecular weight is 278 g/mol. The van der Waals surface area contributed by atoms with Gasteiger partial charge in [0.25, 0.3) is 0 Å². The van der Waals surface area contributed by atoms with Crippen molar-refractivity contribution < 1.29 is 4.79 Å². The number of aromatic nitrogens is 2. The van der Waals surface area contributed by atoms with E-state index < -0.39 is 0 Å². The normalized spacial score (nSPS) is 22.9. The van der Waals surface area contributed by atoms with Crippen molar-refractivity contribution in [3.8, 4) is 0 Å². The van der Waals surface area contributed by atoms with Gasteiger partial charge in [-0.2, -0.15) is 5.10 Å². The molecule has 0 aromatic carbocycles. The van der Waals surface area contributed by atoms with E-state index in [9.17, 15) is 4.79 Å². The molecular weight excluding hydrogens is 252 g/mol. The number of hydrogen-bond donors (Lipinski definition) is 0. The molecule has 0 saturated carbocycles. The number of rotatable bonds is 5. The first-order chi connectivity index (χ1) is 9.51. The van der Waals surface area contributed by atoms with Crippen LogP contribution in [0.25, 0.3) is 0 Å². The van der Waals surface area contributed by atoms with Crippen LogP contribution < -0.4 is 0 Å². The van der Waals surface area contributed by atoms with Crippen LogP contribution in [0.1, 0.15) is 32.0 Å². The Labute approximate surface area is 121 Å². The first-order valence-corrected chi connectivity index (χ1v) is 7.46. The van der Waals surface area contributed by atoms with Crippen molar-refractivity contribution >= 4 is 5.78 Å². The number of Topliss-reactive ketones (excluding diaryl/α,β-unsaturated/α-hetero) is 1. The molecule has 1 aromatic rings. The lowest BCUT2D eigenvalue weighted by Crippen LogP contribution is -2.53. The van der Waals surface area contributed by atoms with Gasteiger partial charge in [-0.1, -0.05) is 6.92 Å². The summed E-state index contributed by atoms with van der Waals surface area (Å²) in [5, 5.41) is 4.52. The Bertz CT molecular complexity index is 456. The molecule has 5 heteroatoms. The molecule has 2 heterocycles. The van der Waals surface area contributed by atoms with Crippen molar-refractivity contribution in [1.82, 2.24) is 19.6 Å². The minimum atomic E-state index is 0.00231. The van der Waals surface area contributed by atoms with Gasteiger partial charge in [-0.15, -0.1) is 0 Å². The standard InChI is InChI=1S/C15H26N4O/c1-5-12(2)19-7-6-13(16-19)10-15(20)14-11-17(3)8-9-18(14)4/h6-7,12,14H,5,8-11H2,1-4H3. The lowest BCUT2D eigenvalue weighted by Gasteiger charge is -2.36. The van der Waals surface area contributed by atoms with Gasteiger partial charge in [0.15, 0.2) is 5.78 Å². The predicted molar refractivity (Wildman–Crippen MR) is 79.9 cm³/mol. The molecule has 1 aromatic heterocycles. The number of nitrogens with zero attached hydrogens (tertiary/aromatic N) is 4. The van der Waals surface area contributed by atoms with Gasteiger partial charge >= 0.3 is 0 Å². The molecule has 2 rings (SSSR count). The van der Waals surface area contributed by atoms with E-state index in [1.807, 2.05) is 24.0 Å². The molecule has 0 amide bonds. The second-order valence-corrected chi connectivity index (χ2v) is 5.95. The highest BCUT2D eigenvalue weighted by Gasteiger charge is 2.28. The number of carbonyl (C=O) groups is 1. The fourth-order valence-electron chi connectivity index (χ4n) is 2.56. The van der Waals surface area contributed by atoms with Gasteiger partial charge in [0, 0.05) is 31.9 Å². The molecule has 2 atom stereocenters. The van der Waals surface area contributed by atoms with E-state index >= 15 is 0 Å². The maximum atomic E-state index is 12.5. The molecule has 0 spiro atoms. The van der Waals surface area contributed by atoms with E-state index in [0.29, 0.717) is 12.5 Å². The molecule has 20 heavy (non-hydrogen) atoms. The second kappa shape index (κ2) is 6.50. The average Bonchev–Trinajstić information content (AvgIpc) is 2.89. The number of piperazine rings is 1. The van der Waals surface area contributed by atoms with E-state index in [-0.39, 0.29) is 11.8 Å². The van der Waals surface area contributed by atoms with E-state index in [4.69, 9.17) is 0 Å². The maximum Gasteiger partial charge on any atom is 0.157 e. The number of ketones is 1. The number of likely N-dealkylation sites (N-methyl/N-ethyl adjacent to an activating group) is 2. The Morgan fingerprint density at radius 2 is 2.20 bits per heavy atom. The molecular formula is C15H26N4O. The molecule has 1 aliphatic rings. The molecule has 0 radical (unpaired) electrons. The van der Waals surface area contributed by atoms with Gasteiger partial charge in [-0.05, 0) is 33.5 Å². The maximum absolute atomic E-state index is 12.5. The fraction of sp³-hybridized carbons (Fsp3) is 0.733. The zero-order valence-electron chi connectivity index (χ0n) is 13.0. The van der Waals surface area contributed by atoms with E-state index in [0.717, 1.165) is 31.7 Å². The van der Waals surface area contributed by atoms with Gasteiger partial charge in [0.2, 0.25) is 0 Å². The molecule has 5 nitrogen and oxygen atoms in total. The summed E-state index contributed by atoms with van der Waals surface area (Å²) in [5.74, 6) is 0.272. The van der Waals surface area contributed by atoms with Crippen LogP contribution in [0.15, 0.2) is 12.3 Å². The van der Waals surface area contributed by atoms with Gasteiger partial charge in [0.1, 0.15) is 0 Å². The third-order valence-corrected chi connectivity index (χ3v) is 4.28. The predicted octanol–water partition coefficient (Wildman–Crippen LogP) is 1.21. The minimum absolute atomic E-state index is 0.00231. The summed E-state index contributed by atoms with van der Waals surface area (Å²) in [5.41, 5.74) is 0.886. The minimum Gasteiger partial charge on any atom is -0.303 e. The monoisotopic (exact) mass is 278 g/mol. The van der Waals surface area contributed by atoms with Crippen molar-refractivity contribution in [3.63, 3.8) is 0 Å². The van der Waals surface area contributed by atoms with Crippen LogP contribution in [0.2, 0.25) is 0 Å². The van der Waals surface area contributed by atoms with Gasteiger partial charge in [0.05, 0.1) is 18.2 Å². The topological polar surface area (TPSA) is 41.4 Å². The van der Waals surface area contributed by atoms with Crippen molar-refractivity contribution in [3.05, 3.63) is 18.0 Å². The van der Waals surface area contributed by atoms with Gasteiger partial charge in [-0.3, -0.25) is 14.4 Å². The zero-order valence-corrected chi connectivity index (χ0v) is 13.0. The highest BCUT2D eigenvalue weighted by atomic mass is 16.1. The summed E-state index contributed by atoms with van der Waals surface area (Å²) in [6, 6.07) is 2.36. The molecule has 0 aliphatic carbocycles. The Morgan fingerprint density at radius 3 is 2.90 bits per heavy atom. The fourth-order valence-corrected chi connectivity index (χ4v) is 2.56. The quantitative estimate of drug-likeness (QED) is 0.812. The van der Waals surface area contributed by atoms with Crippen LogP contribution in [0, 0.1) is 0 Å². The number of hydrogen-bond acceptors (Lipinski definition) is 4. The largest absolute Gasteiger partial charge is 0.303 e. The van der Waals surface area contributed by atoms with Crippen LogP contribution in [0.3, 0.4) is 0 Å². The SMILES string of the molecule is CCC(C)n1ccc(CC(=O)C2CN(C)CCN2C)n1. The first kappa shape index (κ1) is 15.2. The van der Waals surface area contributed by atoms with Crippen LogP contribution in [-0.4, -0.2) is 65.1 Å². The smallest absolute Gasteiger partial charge is 0.157 e. The third kappa shape index (κ3) is 3.46. The first-order valence-electron chi connectivity index (χ1n) is 7.46. The summed E-state index contributed by atoms with van der Waals surface area (Å²) >= 11 is 0. The summed E-state index contributed by atoms with van der Waals surface area (Å²) in [6.07, 6.45) is 3.46. The molecule has 0 N–H and O–H groups in total. The van der Waals surface area contributed by atoms with Gasteiger partial charge < -0.3 is 4.90 Å². The highest BCUT2D eigenvalue weighted by Crippen LogP contribution is 2.12. The molecule has 112 valence electrons. The van der Waals surface area contributed by atoms with Crippen LogP contribution in [0.5, 0.6) is 0 Å². The van der Waals surface area contributed by atoms with Crippen LogP contribution in [0.4, 0.5) is 0 Å².